The third-order valence-corrected chi connectivity index (χ3v) is 4.49. The van der Waals surface area contributed by atoms with Gasteiger partial charge in [-0.1, -0.05) is 34.6 Å². The summed E-state index contributed by atoms with van der Waals surface area (Å²) in [6.07, 6.45) is 9.49. The molecule has 0 aromatic carbocycles. The smallest absolute Gasteiger partial charge is 0.323 e. The average Bonchev–Trinajstić information content (AvgIpc) is 2.65. The molecule has 149 valence electrons. The second-order valence-corrected chi connectivity index (χ2v) is 6.87. The first kappa shape index (κ1) is 28.5. The minimum absolute atomic E-state index is 0. The fraction of sp³-hybridized carbons (Fsp3) is 0.353. The van der Waals surface area contributed by atoms with Crippen LogP contribution in [0, 0.1) is 67.7 Å². The summed E-state index contributed by atoms with van der Waals surface area (Å²) in [4.78, 5) is 0. The monoisotopic (exact) mass is 480 g/mol. The van der Waals surface area contributed by atoms with E-state index < -0.39 is 15.6 Å². The summed E-state index contributed by atoms with van der Waals surface area (Å²) in [7, 11) is -5.84. The normalized spacial score (nSPS) is 22.1. The first-order chi connectivity index (χ1) is 11.2. The maximum absolute atomic E-state index is 10.7. The van der Waals surface area contributed by atoms with Gasteiger partial charge in [-0.05, 0) is 61.7 Å². The van der Waals surface area contributed by atoms with Crippen molar-refractivity contribution in [2.45, 2.75) is 40.1 Å². The molecule has 2 aliphatic carbocycles. The molecule has 0 aromatic heterocycles. The third-order valence-electron chi connectivity index (χ3n) is 3.90. The molecule has 2 saturated carbocycles. The predicted molar refractivity (Wildman–Crippen MR) is 91.1 cm³/mol. The van der Waals surface area contributed by atoms with Gasteiger partial charge in [0, 0.05) is 25.5 Å². The Morgan fingerprint density at radius 1 is 0.808 bits per heavy atom. The summed E-state index contributed by atoms with van der Waals surface area (Å²) in [5, 5.41) is 0. The van der Waals surface area contributed by atoms with Gasteiger partial charge in [-0.2, -0.15) is 21.6 Å². The molecule has 2 rings (SSSR count). The predicted octanol–water partition coefficient (Wildman–Crippen LogP) is 3.88. The van der Waals surface area contributed by atoms with E-state index in [1.807, 2.05) is 32.1 Å². The molecule has 9 heteroatoms. The van der Waals surface area contributed by atoms with Crippen LogP contribution >= 0.6 is 0 Å². The Hall–Kier alpha value is 0.283. The molecule has 0 aliphatic heterocycles. The van der Waals surface area contributed by atoms with Crippen molar-refractivity contribution in [2.24, 2.45) is 5.73 Å². The third kappa shape index (κ3) is 9.47. The zero-order valence-electron chi connectivity index (χ0n) is 15.1. The number of hydrogen-bond acceptors (Lipinski definition) is 3. The maximum Gasteiger partial charge on any atom is 0.522 e. The van der Waals surface area contributed by atoms with Crippen molar-refractivity contribution < 1.29 is 45.6 Å². The summed E-state index contributed by atoms with van der Waals surface area (Å²) in [6, 6.07) is 0.822. The van der Waals surface area contributed by atoms with Gasteiger partial charge < -0.3 is 5.73 Å². The van der Waals surface area contributed by atoms with E-state index in [4.69, 9.17) is 18.7 Å². The minimum atomic E-state index is -5.84. The van der Waals surface area contributed by atoms with Gasteiger partial charge >= 0.3 is 15.6 Å². The van der Waals surface area contributed by atoms with Crippen LogP contribution in [-0.4, -0.2) is 18.5 Å². The van der Waals surface area contributed by atoms with Crippen LogP contribution in [-0.2, 0) is 29.6 Å². The number of nitrogens with two attached hydrogens (primary N) is 1. The van der Waals surface area contributed by atoms with Crippen LogP contribution in [0.25, 0.3) is 0 Å². The second kappa shape index (κ2) is 12.0. The first-order valence-corrected chi connectivity index (χ1v) is 8.68. The molecule has 26 heavy (non-hydrogen) atoms. The van der Waals surface area contributed by atoms with Crippen molar-refractivity contribution in [2.75, 3.05) is 0 Å². The number of alkyl halides is 3. The van der Waals surface area contributed by atoms with Crippen LogP contribution in [0.5, 0.6) is 0 Å². The number of halogens is 3. The summed E-state index contributed by atoms with van der Waals surface area (Å²) in [5.74, 6) is 7.34. The summed E-state index contributed by atoms with van der Waals surface area (Å²) < 4.78 is 57.5. The zero-order valence-corrected chi connectivity index (χ0v) is 17.7. The van der Waals surface area contributed by atoms with Gasteiger partial charge in [-0.3, -0.25) is 4.55 Å². The van der Waals surface area contributed by atoms with Crippen molar-refractivity contribution in [3.8, 4) is 0 Å². The average molecular weight is 480 g/mol. The fourth-order valence-electron chi connectivity index (χ4n) is 1.86. The van der Waals surface area contributed by atoms with Crippen molar-refractivity contribution in [1.29, 1.82) is 0 Å². The maximum atomic E-state index is 10.7. The van der Waals surface area contributed by atoms with Gasteiger partial charge in [-0.15, -0.1) is 0 Å². The molecular weight excluding hydrogens is 456 g/mol. The van der Waals surface area contributed by atoms with Crippen molar-refractivity contribution in [3.05, 3.63) is 67.7 Å². The standard InChI is InChI=1S/C10H15.C6H7N.CHF3O3S.Ru/c1-6-7(2)9(4)10(5)8(6)3;7-6-4-2-1-3-5-6;2-1(3,4)8(5,6)7;/h1-5H3;1-5H,7H2;(H,5,6,7);. The molecule has 0 aromatic rings. The van der Waals surface area contributed by atoms with Crippen LogP contribution < -0.4 is 5.73 Å². The van der Waals surface area contributed by atoms with Crippen molar-refractivity contribution >= 4 is 10.1 Å². The molecule has 0 saturated heterocycles. The van der Waals surface area contributed by atoms with Crippen LogP contribution in [0.3, 0.4) is 0 Å². The molecule has 2 fully saturated rings. The number of hydrogen-bond donors (Lipinski definition) is 2. The topological polar surface area (TPSA) is 80.4 Å². The van der Waals surface area contributed by atoms with Gasteiger partial charge in [0.2, 0.25) is 0 Å². The molecule has 0 unspecified atom stereocenters. The minimum Gasteiger partial charge on any atom is -0.323 e. The Labute approximate surface area is 169 Å². The zero-order chi connectivity index (χ0) is 20.0. The Morgan fingerprint density at radius 3 is 1.15 bits per heavy atom. The van der Waals surface area contributed by atoms with E-state index in [1.54, 1.807) is 0 Å². The van der Waals surface area contributed by atoms with Crippen molar-refractivity contribution in [1.82, 2.24) is 0 Å². The van der Waals surface area contributed by atoms with E-state index in [-0.39, 0.29) is 19.5 Å². The summed E-state index contributed by atoms with van der Waals surface area (Å²) >= 11 is 0. The summed E-state index contributed by atoms with van der Waals surface area (Å²) in [5.41, 5.74) is -0.177. The molecule has 0 bridgehead atoms. The molecule has 4 nitrogen and oxygen atoms in total. The SMILES string of the molecule is C[C]1[C](C)[C](C)[C](C)[C]1C.N[C]1[CH][CH][CH][CH][CH]1.O=S(=O)(O)C(F)(F)F.[Ru]. The summed E-state index contributed by atoms with van der Waals surface area (Å²) in [6.45, 7) is 11.0. The van der Waals surface area contributed by atoms with E-state index in [2.05, 4.69) is 34.6 Å². The molecular formula is C17H23F3NO3RuS. The Bertz CT molecular complexity index is 437. The van der Waals surface area contributed by atoms with Gasteiger partial charge in [0.15, 0.2) is 0 Å². The van der Waals surface area contributed by atoms with Crippen LogP contribution in [0.4, 0.5) is 13.2 Å². The van der Waals surface area contributed by atoms with E-state index >= 15 is 0 Å². The molecule has 2 aliphatic rings. The van der Waals surface area contributed by atoms with E-state index in [9.17, 15) is 13.2 Å². The molecule has 0 amide bonds. The second-order valence-electron chi connectivity index (χ2n) is 5.46. The molecule has 0 heterocycles. The van der Waals surface area contributed by atoms with E-state index in [1.165, 1.54) is 29.6 Å². The van der Waals surface area contributed by atoms with Gasteiger partial charge in [-0.25, -0.2) is 0 Å². The van der Waals surface area contributed by atoms with Crippen LogP contribution in [0.2, 0.25) is 0 Å². The van der Waals surface area contributed by atoms with E-state index in [0.29, 0.717) is 0 Å². The van der Waals surface area contributed by atoms with Gasteiger partial charge in [0.1, 0.15) is 0 Å². The molecule has 3 N–H and O–H groups in total. The quantitative estimate of drug-likeness (QED) is 0.314. The first-order valence-electron chi connectivity index (χ1n) is 7.24. The molecule has 0 atom stereocenters. The number of rotatable bonds is 0. The fourth-order valence-corrected chi connectivity index (χ4v) is 1.86. The Balaban J connectivity index is 0. The Morgan fingerprint density at radius 2 is 1.04 bits per heavy atom. The Kier molecular flexibility index (Phi) is 13.1. The molecule has 0 spiro atoms. The van der Waals surface area contributed by atoms with Crippen LogP contribution in [0.15, 0.2) is 0 Å². The van der Waals surface area contributed by atoms with Crippen LogP contribution in [0.1, 0.15) is 34.6 Å². The van der Waals surface area contributed by atoms with Gasteiger partial charge in [0.05, 0.1) is 0 Å². The van der Waals surface area contributed by atoms with Crippen molar-refractivity contribution in [3.63, 3.8) is 0 Å². The van der Waals surface area contributed by atoms with Gasteiger partial charge in [0.25, 0.3) is 0 Å². The largest absolute Gasteiger partial charge is 0.522 e. The molecule has 11 radical (unpaired) electrons. The van der Waals surface area contributed by atoms with E-state index in [0.717, 1.165) is 6.04 Å².